The number of aromatic nitrogens is 2. The van der Waals surface area contributed by atoms with Gasteiger partial charge in [0.05, 0.1) is 5.02 Å². The van der Waals surface area contributed by atoms with E-state index in [1.807, 2.05) is 6.92 Å². The molecular weight excluding hydrogens is 295 g/mol. The number of hydrogen-bond acceptors (Lipinski definition) is 3. The van der Waals surface area contributed by atoms with Gasteiger partial charge in [-0.05, 0) is 18.2 Å². The van der Waals surface area contributed by atoms with Crippen LogP contribution in [-0.2, 0) is 16.4 Å². The summed E-state index contributed by atoms with van der Waals surface area (Å²) in [6, 6.07) is 4.28. The summed E-state index contributed by atoms with van der Waals surface area (Å²) in [5.74, 6) is 0.459. The largest absolute Gasteiger partial charge is 0.270 e. The zero-order valence-electron chi connectivity index (χ0n) is 9.47. The summed E-state index contributed by atoms with van der Waals surface area (Å²) in [6.07, 6.45) is 3.36. The van der Waals surface area contributed by atoms with Crippen molar-refractivity contribution in [3.05, 3.63) is 46.5 Å². The topological polar surface area (TPSA) is 52.0 Å². The molecule has 2 rings (SSSR count). The van der Waals surface area contributed by atoms with Crippen molar-refractivity contribution in [2.75, 3.05) is 0 Å². The predicted molar refractivity (Wildman–Crippen MR) is 70.7 cm³/mol. The smallest absolute Gasteiger partial charge is 0.241 e. The molecule has 18 heavy (non-hydrogen) atoms. The van der Waals surface area contributed by atoms with Crippen LogP contribution in [0.3, 0.4) is 0 Å². The minimum atomic E-state index is -3.72. The van der Waals surface area contributed by atoms with Crippen molar-refractivity contribution >= 4 is 33.2 Å². The Morgan fingerprint density at radius 3 is 2.67 bits per heavy atom. The van der Waals surface area contributed by atoms with Crippen molar-refractivity contribution in [3.8, 4) is 0 Å². The van der Waals surface area contributed by atoms with Crippen LogP contribution < -0.4 is 0 Å². The number of benzene rings is 1. The Morgan fingerprint density at radius 1 is 1.33 bits per heavy atom. The molecule has 7 heteroatoms. The first-order valence-corrected chi connectivity index (χ1v) is 7.39. The van der Waals surface area contributed by atoms with Gasteiger partial charge in [-0.15, -0.1) is 0 Å². The molecule has 0 fully saturated rings. The maximum atomic E-state index is 12.4. The summed E-state index contributed by atoms with van der Waals surface area (Å²) in [7, 11) is -3.72. The highest BCUT2D eigenvalue weighted by Crippen LogP contribution is 2.27. The zero-order valence-corrected chi connectivity index (χ0v) is 11.8. The van der Waals surface area contributed by atoms with Crippen molar-refractivity contribution in [1.82, 2.24) is 8.96 Å². The van der Waals surface area contributed by atoms with E-state index in [9.17, 15) is 8.42 Å². The molecule has 96 valence electrons. The van der Waals surface area contributed by atoms with Crippen LogP contribution in [0.1, 0.15) is 12.7 Å². The van der Waals surface area contributed by atoms with E-state index in [1.165, 1.54) is 30.6 Å². The molecule has 4 nitrogen and oxygen atoms in total. The summed E-state index contributed by atoms with van der Waals surface area (Å²) >= 11 is 11.7. The Hall–Kier alpha value is -1.04. The van der Waals surface area contributed by atoms with Gasteiger partial charge >= 0.3 is 0 Å². The lowest BCUT2D eigenvalue weighted by atomic mass is 10.4. The highest BCUT2D eigenvalue weighted by molar-refractivity contribution is 7.90. The normalized spacial score (nSPS) is 11.7. The van der Waals surface area contributed by atoms with Crippen LogP contribution in [-0.4, -0.2) is 17.4 Å². The number of nitrogens with zero attached hydrogens (tertiary/aromatic N) is 2. The van der Waals surface area contributed by atoms with E-state index < -0.39 is 10.0 Å². The molecule has 0 bridgehead atoms. The van der Waals surface area contributed by atoms with Gasteiger partial charge in [-0.1, -0.05) is 30.1 Å². The van der Waals surface area contributed by atoms with Crippen LogP contribution in [0.5, 0.6) is 0 Å². The quantitative estimate of drug-likeness (QED) is 0.876. The Kier molecular flexibility index (Phi) is 3.66. The summed E-state index contributed by atoms with van der Waals surface area (Å²) < 4.78 is 25.9. The molecule has 0 N–H and O–H groups in total. The molecule has 0 atom stereocenters. The van der Waals surface area contributed by atoms with Gasteiger partial charge in [0.2, 0.25) is 0 Å². The van der Waals surface area contributed by atoms with E-state index in [0.717, 1.165) is 3.97 Å². The molecule has 0 aliphatic carbocycles. The first-order valence-electron chi connectivity index (χ1n) is 5.19. The third-order valence-electron chi connectivity index (χ3n) is 2.43. The van der Waals surface area contributed by atoms with E-state index in [4.69, 9.17) is 23.2 Å². The van der Waals surface area contributed by atoms with Gasteiger partial charge in [-0.25, -0.2) is 17.4 Å². The van der Waals surface area contributed by atoms with Crippen molar-refractivity contribution < 1.29 is 8.42 Å². The van der Waals surface area contributed by atoms with Crippen molar-refractivity contribution in [2.45, 2.75) is 18.2 Å². The second-order valence-corrected chi connectivity index (χ2v) is 6.20. The average molecular weight is 305 g/mol. The van der Waals surface area contributed by atoms with Crippen molar-refractivity contribution in [3.63, 3.8) is 0 Å². The van der Waals surface area contributed by atoms with E-state index in [1.54, 1.807) is 0 Å². The van der Waals surface area contributed by atoms with Gasteiger partial charge in [-0.3, -0.25) is 0 Å². The number of imidazole rings is 1. The zero-order chi connectivity index (χ0) is 13.3. The summed E-state index contributed by atoms with van der Waals surface area (Å²) in [4.78, 5) is 4.00. The predicted octanol–water partition coefficient (Wildman–Crippen LogP) is 2.99. The Morgan fingerprint density at radius 2 is 2.06 bits per heavy atom. The fraction of sp³-hybridized carbons (Fsp3) is 0.182. The van der Waals surface area contributed by atoms with Gasteiger partial charge in [0.1, 0.15) is 10.7 Å². The van der Waals surface area contributed by atoms with Crippen LogP contribution in [0, 0.1) is 0 Å². The third kappa shape index (κ3) is 2.25. The molecule has 0 spiro atoms. The molecule has 0 saturated carbocycles. The summed E-state index contributed by atoms with van der Waals surface area (Å²) in [5.41, 5.74) is 0. The average Bonchev–Trinajstić information content (AvgIpc) is 2.76. The van der Waals surface area contributed by atoms with Crippen LogP contribution in [0.2, 0.25) is 10.0 Å². The number of halogens is 2. The molecule has 0 saturated heterocycles. The van der Waals surface area contributed by atoms with E-state index in [-0.39, 0.29) is 9.92 Å². The lowest BCUT2D eigenvalue weighted by Crippen LogP contribution is -2.15. The number of hydrogen-bond donors (Lipinski definition) is 0. The van der Waals surface area contributed by atoms with Gasteiger partial charge in [0.25, 0.3) is 10.0 Å². The third-order valence-corrected chi connectivity index (χ3v) is 4.85. The first-order chi connectivity index (χ1) is 8.46. The van der Waals surface area contributed by atoms with Gasteiger partial charge < -0.3 is 0 Å². The molecule has 1 heterocycles. The lowest BCUT2D eigenvalue weighted by Gasteiger charge is -2.09. The summed E-state index contributed by atoms with van der Waals surface area (Å²) in [6.45, 7) is 1.83. The molecule has 1 aromatic carbocycles. The van der Waals surface area contributed by atoms with E-state index in [2.05, 4.69) is 4.98 Å². The van der Waals surface area contributed by atoms with Crippen LogP contribution in [0.15, 0.2) is 35.5 Å². The Bertz CT molecular complexity index is 680. The van der Waals surface area contributed by atoms with E-state index in [0.29, 0.717) is 17.3 Å². The van der Waals surface area contributed by atoms with Crippen LogP contribution >= 0.6 is 23.2 Å². The molecule has 0 aliphatic heterocycles. The van der Waals surface area contributed by atoms with Crippen molar-refractivity contribution in [1.29, 1.82) is 0 Å². The summed E-state index contributed by atoms with van der Waals surface area (Å²) in [5, 5.41) is 0.485. The second-order valence-electron chi connectivity index (χ2n) is 3.57. The molecule has 0 aliphatic rings. The maximum Gasteiger partial charge on any atom is 0.270 e. The highest BCUT2D eigenvalue weighted by atomic mass is 35.5. The molecule has 0 amide bonds. The Labute approximate surface area is 115 Å². The standard InChI is InChI=1S/C11H10Cl2N2O2S/c1-2-11-14-5-6-15(11)18(16,17)10-4-3-8(12)7-9(10)13/h3-7H,2H2,1H3. The lowest BCUT2D eigenvalue weighted by molar-refractivity contribution is 0.584. The molecule has 2 aromatic rings. The SMILES string of the molecule is CCc1nccn1S(=O)(=O)c1ccc(Cl)cc1Cl. The Balaban J connectivity index is 2.62. The monoisotopic (exact) mass is 304 g/mol. The first kappa shape index (κ1) is 13.4. The van der Waals surface area contributed by atoms with Gasteiger partial charge in [0.15, 0.2) is 0 Å². The molecule has 0 unspecified atom stereocenters. The fourth-order valence-electron chi connectivity index (χ4n) is 1.58. The number of rotatable bonds is 3. The minimum absolute atomic E-state index is 0.0151. The molecule has 1 aromatic heterocycles. The van der Waals surface area contributed by atoms with Crippen molar-refractivity contribution in [2.24, 2.45) is 0 Å². The fourth-order valence-corrected chi connectivity index (χ4v) is 3.71. The molecule has 0 radical (unpaired) electrons. The molecular formula is C11H10Cl2N2O2S. The van der Waals surface area contributed by atoms with Crippen LogP contribution in [0.4, 0.5) is 0 Å². The second kappa shape index (κ2) is 4.91. The van der Waals surface area contributed by atoms with E-state index >= 15 is 0 Å². The van der Waals surface area contributed by atoms with Gasteiger partial charge in [0, 0.05) is 23.8 Å². The minimum Gasteiger partial charge on any atom is -0.241 e. The van der Waals surface area contributed by atoms with Crippen LogP contribution in [0.25, 0.3) is 0 Å². The number of aryl methyl sites for hydroxylation is 1. The maximum absolute atomic E-state index is 12.4. The highest BCUT2D eigenvalue weighted by Gasteiger charge is 2.22. The van der Waals surface area contributed by atoms with Gasteiger partial charge in [-0.2, -0.15) is 0 Å².